The first-order valence-corrected chi connectivity index (χ1v) is 6.96. The van der Waals surface area contributed by atoms with Crippen LogP contribution in [0.2, 0.25) is 10.2 Å². The minimum Gasteiger partial charge on any atom is -0.454 e. The van der Waals surface area contributed by atoms with Crippen molar-refractivity contribution in [1.82, 2.24) is 4.98 Å². The summed E-state index contributed by atoms with van der Waals surface area (Å²) in [6.07, 6.45) is 0. The molecule has 0 aliphatic carbocycles. The van der Waals surface area contributed by atoms with Gasteiger partial charge in [-0.3, -0.25) is 4.79 Å². The SMILES string of the molecule is O=C(c1ccc(Cl)cc1)C(Br)Oc1cccc(Cl)n1. The first kappa shape index (κ1) is 14.3. The predicted octanol–water partition coefficient (Wildman–Crippen LogP) is 4.37. The van der Waals surface area contributed by atoms with Crippen LogP contribution in [-0.4, -0.2) is 15.8 Å². The van der Waals surface area contributed by atoms with Gasteiger partial charge in [0, 0.05) is 16.7 Å². The molecule has 2 aromatic rings. The Balaban J connectivity index is 2.09. The van der Waals surface area contributed by atoms with Crippen LogP contribution >= 0.6 is 39.1 Å². The molecule has 1 heterocycles. The third kappa shape index (κ3) is 3.93. The molecule has 0 radical (unpaired) electrons. The Morgan fingerprint density at radius 2 is 1.84 bits per heavy atom. The number of rotatable bonds is 4. The number of benzene rings is 1. The molecular formula is C13H8BrCl2NO2. The molecule has 2 rings (SSSR count). The van der Waals surface area contributed by atoms with Crippen LogP contribution in [0.3, 0.4) is 0 Å². The summed E-state index contributed by atoms with van der Waals surface area (Å²) in [6, 6.07) is 11.5. The minimum absolute atomic E-state index is 0.224. The van der Waals surface area contributed by atoms with E-state index in [4.69, 9.17) is 27.9 Å². The van der Waals surface area contributed by atoms with Crippen LogP contribution in [0.4, 0.5) is 0 Å². The van der Waals surface area contributed by atoms with Gasteiger partial charge in [0.2, 0.25) is 16.7 Å². The molecule has 0 fully saturated rings. The number of nitrogens with zero attached hydrogens (tertiary/aromatic N) is 1. The summed E-state index contributed by atoms with van der Waals surface area (Å²) in [4.78, 5) is 16.0. The van der Waals surface area contributed by atoms with Crippen LogP contribution in [-0.2, 0) is 0 Å². The van der Waals surface area contributed by atoms with E-state index in [9.17, 15) is 4.79 Å². The van der Waals surface area contributed by atoms with Gasteiger partial charge in [-0.05, 0) is 46.3 Å². The normalized spacial score (nSPS) is 11.9. The number of pyridine rings is 1. The smallest absolute Gasteiger partial charge is 0.217 e. The highest BCUT2D eigenvalue weighted by Crippen LogP contribution is 2.19. The number of hydrogen-bond acceptors (Lipinski definition) is 3. The van der Waals surface area contributed by atoms with Crippen molar-refractivity contribution in [2.24, 2.45) is 0 Å². The van der Waals surface area contributed by atoms with Crippen LogP contribution in [0.1, 0.15) is 10.4 Å². The highest BCUT2D eigenvalue weighted by atomic mass is 79.9. The lowest BCUT2D eigenvalue weighted by Crippen LogP contribution is -2.21. The number of carbonyl (C=O) groups excluding carboxylic acids is 1. The molecule has 0 amide bonds. The van der Waals surface area contributed by atoms with Gasteiger partial charge in [0.25, 0.3) is 0 Å². The van der Waals surface area contributed by atoms with Gasteiger partial charge in [0.1, 0.15) is 5.15 Å². The second kappa shape index (κ2) is 6.37. The number of carbonyl (C=O) groups is 1. The molecule has 0 N–H and O–H groups in total. The second-order valence-corrected chi connectivity index (χ2v) is 5.26. The molecule has 0 spiro atoms. The zero-order valence-electron chi connectivity index (χ0n) is 9.52. The fourth-order valence-corrected chi connectivity index (χ4v) is 2.10. The number of Topliss-reactive ketones (excluding diaryl/α,β-unsaturated/α-hetero) is 1. The van der Waals surface area contributed by atoms with Crippen LogP contribution in [0.15, 0.2) is 42.5 Å². The third-order valence-electron chi connectivity index (χ3n) is 2.25. The molecular weight excluding hydrogens is 353 g/mol. The van der Waals surface area contributed by atoms with E-state index in [2.05, 4.69) is 20.9 Å². The molecule has 1 aromatic carbocycles. The number of hydrogen-bond donors (Lipinski definition) is 0. The Labute approximate surface area is 128 Å². The quantitative estimate of drug-likeness (QED) is 0.461. The maximum absolute atomic E-state index is 12.1. The molecule has 0 aliphatic rings. The van der Waals surface area contributed by atoms with Gasteiger partial charge in [0.05, 0.1) is 0 Å². The van der Waals surface area contributed by atoms with E-state index in [1.54, 1.807) is 42.5 Å². The Morgan fingerprint density at radius 1 is 1.16 bits per heavy atom. The molecule has 1 unspecified atom stereocenters. The second-order valence-electron chi connectivity index (χ2n) is 3.60. The fraction of sp³-hybridized carbons (Fsp3) is 0.0769. The van der Waals surface area contributed by atoms with E-state index in [0.29, 0.717) is 15.7 Å². The summed E-state index contributed by atoms with van der Waals surface area (Å²) < 4.78 is 5.38. The Hall–Kier alpha value is -1.10. The zero-order chi connectivity index (χ0) is 13.8. The first-order chi connectivity index (χ1) is 9.06. The summed E-state index contributed by atoms with van der Waals surface area (Å²) in [6.45, 7) is 0. The average Bonchev–Trinajstić information content (AvgIpc) is 2.39. The molecule has 6 heteroatoms. The molecule has 0 bridgehead atoms. The van der Waals surface area contributed by atoms with E-state index in [1.807, 2.05) is 0 Å². The Morgan fingerprint density at radius 3 is 2.47 bits per heavy atom. The summed E-state index contributed by atoms with van der Waals surface area (Å²) in [5, 5.41) is 0.0379. The highest BCUT2D eigenvalue weighted by Gasteiger charge is 2.19. The molecule has 3 nitrogen and oxygen atoms in total. The van der Waals surface area contributed by atoms with Crippen molar-refractivity contribution in [2.45, 2.75) is 5.01 Å². The molecule has 1 aromatic heterocycles. The van der Waals surface area contributed by atoms with Gasteiger partial charge in [-0.25, -0.2) is 4.98 Å². The average molecular weight is 361 g/mol. The number of halogens is 3. The number of alkyl halides is 1. The number of ether oxygens (including phenoxy) is 1. The summed E-state index contributed by atoms with van der Waals surface area (Å²) in [7, 11) is 0. The molecule has 0 saturated carbocycles. The summed E-state index contributed by atoms with van der Waals surface area (Å²) in [5.41, 5.74) is 0.494. The summed E-state index contributed by atoms with van der Waals surface area (Å²) >= 11 is 14.7. The summed E-state index contributed by atoms with van der Waals surface area (Å²) in [5.74, 6) is 0.0510. The van der Waals surface area contributed by atoms with Gasteiger partial charge >= 0.3 is 0 Å². The highest BCUT2D eigenvalue weighted by molar-refractivity contribution is 9.09. The standard InChI is InChI=1S/C13H8BrCl2NO2/c14-13(19-11-3-1-2-10(16)17-11)12(18)8-4-6-9(15)7-5-8/h1-7,13H. The fourth-order valence-electron chi connectivity index (χ4n) is 1.36. The number of ketones is 1. The van der Waals surface area contributed by atoms with Crippen molar-refractivity contribution in [3.63, 3.8) is 0 Å². The number of aromatic nitrogens is 1. The van der Waals surface area contributed by atoms with Crippen LogP contribution in [0.5, 0.6) is 5.88 Å². The van der Waals surface area contributed by atoms with E-state index in [-0.39, 0.29) is 11.7 Å². The Bertz CT molecular complexity index is 589. The molecule has 19 heavy (non-hydrogen) atoms. The van der Waals surface area contributed by atoms with Crippen LogP contribution in [0.25, 0.3) is 0 Å². The topological polar surface area (TPSA) is 39.2 Å². The maximum Gasteiger partial charge on any atom is 0.217 e. The predicted molar refractivity (Wildman–Crippen MR) is 78.4 cm³/mol. The van der Waals surface area contributed by atoms with Gasteiger partial charge < -0.3 is 4.74 Å². The first-order valence-electron chi connectivity index (χ1n) is 5.29. The lowest BCUT2D eigenvalue weighted by Gasteiger charge is -2.11. The Kier molecular flexibility index (Phi) is 4.80. The van der Waals surface area contributed by atoms with E-state index in [0.717, 1.165) is 0 Å². The van der Waals surface area contributed by atoms with Gasteiger partial charge in [-0.2, -0.15) is 0 Å². The van der Waals surface area contributed by atoms with Crippen LogP contribution < -0.4 is 4.74 Å². The maximum atomic E-state index is 12.1. The molecule has 0 saturated heterocycles. The lowest BCUT2D eigenvalue weighted by molar-refractivity contribution is 0.0893. The molecule has 1 atom stereocenters. The lowest BCUT2D eigenvalue weighted by atomic mass is 10.1. The van der Waals surface area contributed by atoms with Gasteiger partial charge in [-0.1, -0.05) is 29.3 Å². The van der Waals surface area contributed by atoms with Gasteiger partial charge in [-0.15, -0.1) is 0 Å². The van der Waals surface area contributed by atoms with E-state index in [1.165, 1.54) is 0 Å². The van der Waals surface area contributed by atoms with Gasteiger partial charge in [0.15, 0.2) is 0 Å². The van der Waals surface area contributed by atoms with Crippen molar-refractivity contribution in [2.75, 3.05) is 0 Å². The van der Waals surface area contributed by atoms with Crippen molar-refractivity contribution in [3.05, 3.63) is 58.2 Å². The third-order valence-corrected chi connectivity index (χ3v) is 3.31. The van der Waals surface area contributed by atoms with Crippen LogP contribution in [0, 0.1) is 0 Å². The van der Waals surface area contributed by atoms with Crippen molar-refractivity contribution < 1.29 is 9.53 Å². The van der Waals surface area contributed by atoms with Crippen molar-refractivity contribution >= 4 is 44.9 Å². The monoisotopic (exact) mass is 359 g/mol. The molecule has 98 valence electrons. The zero-order valence-corrected chi connectivity index (χ0v) is 12.6. The van der Waals surface area contributed by atoms with E-state index >= 15 is 0 Å². The minimum atomic E-state index is -0.834. The largest absolute Gasteiger partial charge is 0.454 e. The van der Waals surface area contributed by atoms with E-state index < -0.39 is 5.01 Å². The molecule has 0 aliphatic heterocycles. The van der Waals surface area contributed by atoms with Crippen molar-refractivity contribution in [3.8, 4) is 5.88 Å². The van der Waals surface area contributed by atoms with Crippen molar-refractivity contribution in [1.29, 1.82) is 0 Å².